The first-order valence-corrected chi connectivity index (χ1v) is 11.4. The van der Waals surface area contributed by atoms with E-state index in [0.717, 1.165) is 5.56 Å². The van der Waals surface area contributed by atoms with Gasteiger partial charge in [0.15, 0.2) is 5.28 Å². The van der Waals surface area contributed by atoms with Crippen LogP contribution in [0, 0.1) is 12.1 Å². The third kappa shape index (κ3) is 5.00. The quantitative estimate of drug-likeness (QED) is 0.355. The van der Waals surface area contributed by atoms with Crippen LogP contribution in [0.5, 0.6) is 5.75 Å². The molecule has 172 valence electrons. The number of carbonyl (C=O) groups excluding carboxylic acids is 1. The molecule has 1 unspecified atom stereocenters. The van der Waals surface area contributed by atoms with Crippen LogP contribution in [0.25, 0.3) is 0 Å². The number of rotatable bonds is 7. The molecule has 1 heterocycles. The van der Waals surface area contributed by atoms with Crippen molar-refractivity contribution in [1.29, 1.82) is 0 Å². The molecule has 0 spiro atoms. The van der Waals surface area contributed by atoms with Gasteiger partial charge in [0.05, 0.1) is 12.0 Å². The number of carbonyl (C=O) groups is 1. The Balaban J connectivity index is 2.04. The number of hydrogen-bond donors (Lipinski definition) is 0. The molecule has 3 rings (SSSR count). The van der Waals surface area contributed by atoms with Gasteiger partial charge < -0.3 is 19.7 Å². The highest BCUT2D eigenvalue weighted by Crippen LogP contribution is 2.35. The molecule has 0 saturated carbocycles. The van der Waals surface area contributed by atoms with Gasteiger partial charge in [-0.1, -0.05) is 29.8 Å². The third-order valence-corrected chi connectivity index (χ3v) is 7.02. The maximum atomic E-state index is 13.6. The van der Waals surface area contributed by atoms with E-state index >= 15 is 0 Å². The lowest BCUT2D eigenvalue weighted by atomic mass is 10.1. The third-order valence-electron chi connectivity index (χ3n) is 5.15. The number of hydroxylamine groups is 1. The van der Waals surface area contributed by atoms with Gasteiger partial charge in [0, 0.05) is 13.1 Å². The fourth-order valence-electron chi connectivity index (χ4n) is 3.60. The zero-order valence-corrected chi connectivity index (χ0v) is 19.0. The molecule has 2 aromatic carbocycles. The number of methoxy groups -OCH3 is 1. The van der Waals surface area contributed by atoms with Crippen molar-refractivity contribution >= 4 is 15.9 Å². The minimum atomic E-state index is -3.93. The van der Waals surface area contributed by atoms with E-state index in [1.54, 1.807) is 48.5 Å². The summed E-state index contributed by atoms with van der Waals surface area (Å²) in [4.78, 5) is 19.0. The summed E-state index contributed by atoms with van der Waals surface area (Å²) in [5.74, 6) is 0.0328. The van der Waals surface area contributed by atoms with Gasteiger partial charge in [-0.2, -0.15) is 4.31 Å². The molecule has 1 fully saturated rings. The van der Waals surface area contributed by atoms with Gasteiger partial charge in [-0.05, 0) is 48.0 Å². The highest BCUT2D eigenvalue weighted by atomic mass is 32.2. The van der Waals surface area contributed by atoms with Gasteiger partial charge in [-0.15, -0.1) is 0 Å². The predicted molar refractivity (Wildman–Crippen MR) is 115 cm³/mol. The van der Waals surface area contributed by atoms with Crippen LogP contribution in [-0.2, 0) is 19.7 Å². The van der Waals surface area contributed by atoms with Crippen molar-refractivity contribution in [3.8, 4) is 5.75 Å². The highest BCUT2D eigenvalue weighted by Gasteiger charge is 2.41. The molecule has 0 N–H and O–H groups in total. The first-order chi connectivity index (χ1) is 15.3. The van der Waals surface area contributed by atoms with Crippen molar-refractivity contribution in [2.75, 3.05) is 33.9 Å². The Kier molecular flexibility index (Phi) is 7.31. The normalized spacial score (nSPS) is 17.8. The van der Waals surface area contributed by atoms with Crippen molar-refractivity contribution in [1.82, 2.24) is 9.21 Å². The summed E-state index contributed by atoms with van der Waals surface area (Å²) >= 11 is 0. The van der Waals surface area contributed by atoms with Gasteiger partial charge in [-0.25, -0.2) is 8.42 Å². The first kappa shape index (κ1) is 23.5. The molecule has 2 aromatic rings. The largest absolute Gasteiger partial charge is 0.597 e. The smallest absolute Gasteiger partial charge is 0.293 e. The van der Waals surface area contributed by atoms with Gasteiger partial charge in [0.25, 0.3) is 12.5 Å². The van der Waals surface area contributed by atoms with E-state index in [2.05, 4.69) is 10.1 Å². The Hall–Kier alpha value is -3.18. The summed E-state index contributed by atoms with van der Waals surface area (Å²) in [6.45, 7) is 1.78. The van der Waals surface area contributed by atoms with Crippen molar-refractivity contribution in [2.24, 2.45) is 5.28 Å². The summed E-state index contributed by atoms with van der Waals surface area (Å²) in [6.07, 6.45) is -0.506. The maximum absolute atomic E-state index is 13.6. The predicted octanol–water partition coefficient (Wildman–Crippen LogP) is 2.45. The van der Waals surface area contributed by atoms with Crippen LogP contribution in [0.3, 0.4) is 0 Å². The standard InChI is InChI=1S/C21H26N4O6S/c1-16-5-11-19(12-6-16)32(28,29)24-14-4-13-23(20(26)15-25(27)22-31-3)21(24)17-7-9-18(30-2)10-8-17/h5-12,21H,4,13-15H2,1-3H3/b25-22-. The summed E-state index contributed by atoms with van der Waals surface area (Å²) in [6, 6.07) is 13.4. The van der Waals surface area contributed by atoms with Gasteiger partial charge in [0.1, 0.15) is 19.0 Å². The van der Waals surface area contributed by atoms with E-state index in [1.807, 2.05) is 6.92 Å². The Bertz CT molecular complexity index is 1070. The fourth-order valence-corrected chi connectivity index (χ4v) is 5.22. The Morgan fingerprint density at radius 3 is 2.38 bits per heavy atom. The Morgan fingerprint density at radius 2 is 1.78 bits per heavy atom. The lowest BCUT2D eigenvalue weighted by Gasteiger charge is -2.42. The maximum Gasteiger partial charge on any atom is 0.293 e. The monoisotopic (exact) mass is 462 g/mol. The lowest BCUT2D eigenvalue weighted by molar-refractivity contribution is -0.547. The van der Waals surface area contributed by atoms with Crippen LogP contribution in [0.1, 0.15) is 23.7 Å². The highest BCUT2D eigenvalue weighted by molar-refractivity contribution is 7.89. The Labute approximate surface area is 187 Å². The number of amides is 1. The van der Waals surface area contributed by atoms with Crippen molar-refractivity contribution in [3.05, 3.63) is 64.9 Å². The zero-order chi connectivity index (χ0) is 23.3. The van der Waals surface area contributed by atoms with Crippen LogP contribution in [0.2, 0.25) is 0 Å². The van der Waals surface area contributed by atoms with E-state index in [0.29, 0.717) is 17.7 Å². The van der Waals surface area contributed by atoms with Gasteiger partial charge in [0.2, 0.25) is 10.0 Å². The Morgan fingerprint density at radius 1 is 1.12 bits per heavy atom. The molecule has 1 aliphatic rings. The molecule has 11 heteroatoms. The van der Waals surface area contributed by atoms with Gasteiger partial charge in [-0.3, -0.25) is 4.79 Å². The fraction of sp³-hybridized carbons (Fsp3) is 0.381. The van der Waals surface area contributed by atoms with Gasteiger partial charge >= 0.3 is 0 Å². The number of ether oxygens (including phenoxy) is 1. The molecule has 0 radical (unpaired) electrons. The van der Waals surface area contributed by atoms with Crippen LogP contribution < -0.4 is 4.74 Å². The number of benzene rings is 2. The van der Waals surface area contributed by atoms with Crippen molar-refractivity contribution < 1.29 is 27.6 Å². The van der Waals surface area contributed by atoms with E-state index in [4.69, 9.17) is 4.74 Å². The van der Waals surface area contributed by atoms with Crippen molar-refractivity contribution in [3.63, 3.8) is 0 Å². The van der Waals surface area contributed by atoms with Crippen LogP contribution in [0.4, 0.5) is 0 Å². The van der Waals surface area contributed by atoms with E-state index in [1.165, 1.54) is 23.4 Å². The summed E-state index contributed by atoms with van der Waals surface area (Å²) in [5.41, 5.74) is 1.51. The summed E-state index contributed by atoms with van der Waals surface area (Å²) < 4.78 is 33.6. The molecular weight excluding hydrogens is 436 g/mol. The van der Waals surface area contributed by atoms with Crippen LogP contribution in [-0.4, -0.2) is 62.2 Å². The molecule has 10 nitrogen and oxygen atoms in total. The molecule has 0 bridgehead atoms. The first-order valence-electron chi connectivity index (χ1n) is 9.98. The average Bonchev–Trinajstić information content (AvgIpc) is 2.79. The summed E-state index contributed by atoms with van der Waals surface area (Å²) in [5, 5.41) is 15.0. The molecule has 1 saturated heterocycles. The zero-order valence-electron chi connectivity index (χ0n) is 18.2. The molecule has 0 aliphatic carbocycles. The molecule has 1 amide bonds. The van der Waals surface area contributed by atoms with Crippen LogP contribution in [0.15, 0.2) is 58.7 Å². The molecule has 1 aliphatic heterocycles. The van der Waals surface area contributed by atoms with Crippen LogP contribution >= 0.6 is 0 Å². The number of hydrogen-bond acceptors (Lipinski definition) is 7. The molecular formula is C21H26N4O6S. The minimum Gasteiger partial charge on any atom is -0.597 e. The molecule has 32 heavy (non-hydrogen) atoms. The van der Waals surface area contributed by atoms with E-state index < -0.39 is 28.6 Å². The molecule has 1 atom stereocenters. The second kappa shape index (κ2) is 9.96. The second-order valence-electron chi connectivity index (χ2n) is 7.29. The second-order valence-corrected chi connectivity index (χ2v) is 9.18. The van der Waals surface area contributed by atoms with E-state index in [-0.39, 0.29) is 22.8 Å². The SMILES string of the molecule is CO/N=[N+](\[O-])CC(=O)N1CCCN(S(=O)(=O)c2ccc(C)cc2)C1c1ccc(OC)cc1. The number of sulfonamides is 1. The van der Waals surface area contributed by atoms with Crippen molar-refractivity contribution in [2.45, 2.75) is 24.4 Å². The summed E-state index contributed by atoms with van der Waals surface area (Å²) in [7, 11) is -1.20. The minimum absolute atomic E-state index is 0.126. The average molecular weight is 463 g/mol. The number of nitrogens with zero attached hydrogens (tertiary/aromatic N) is 4. The topological polar surface area (TPSA) is 115 Å². The number of aryl methyl sites for hydroxylation is 1. The molecule has 0 aromatic heterocycles. The van der Waals surface area contributed by atoms with E-state index in [9.17, 15) is 18.4 Å². The lowest BCUT2D eigenvalue weighted by Crippen LogP contribution is -2.53.